The number of nitro groups is 2. The highest BCUT2D eigenvalue weighted by Crippen LogP contribution is 2.30. The van der Waals surface area contributed by atoms with Crippen molar-refractivity contribution in [2.24, 2.45) is 11.0 Å². The topological polar surface area (TPSA) is 111 Å². The summed E-state index contributed by atoms with van der Waals surface area (Å²) in [4.78, 5) is 20.5. The van der Waals surface area contributed by atoms with Gasteiger partial charge in [-0.1, -0.05) is 19.8 Å². The lowest BCUT2D eigenvalue weighted by Crippen LogP contribution is -2.15. The summed E-state index contributed by atoms with van der Waals surface area (Å²) in [6, 6.07) is 3.50. The summed E-state index contributed by atoms with van der Waals surface area (Å²) >= 11 is 0. The van der Waals surface area contributed by atoms with Crippen LogP contribution < -0.4 is 5.43 Å². The average Bonchev–Trinajstić information content (AvgIpc) is 2.54. The molecular weight excluding hydrogens is 300 g/mol. The first-order valence-corrected chi connectivity index (χ1v) is 7.75. The molecule has 0 spiro atoms. The highest BCUT2D eigenvalue weighted by Gasteiger charge is 2.20. The van der Waals surface area contributed by atoms with Crippen LogP contribution in [0.5, 0.6) is 0 Å². The molecule has 1 saturated carbocycles. The quantitative estimate of drug-likeness (QED) is 0.621. The van der Waals surface area contributed by atoms with Crippen LogP contribution in [0.15, 0.2) is 23.3 Å². The molecule has 0 radical (unpaired) electrons. The molecule has 8 heteroatoms. The fraction of sp³-hybridized carbons (Fsp3) is 0.533. The number of rotatable bonds is 6. The van der Waals surface area contributed by atoms with Crippen LogP contribution in [0.1, 0.15) is 45.4 Å². The molecule has 2 rings (SSSR count). The minimum absolute atomic E-state index is 0.170. The summed E-state index contributed by atoms with van der Waals surface area (Å²) in [5.74, 6) is 0.743. The number of hydrazone groups is 1. The van der Waals surface area contributed by atoms with Crippen molar-refractivity contribution < 1.29 is 9.85 Å². The Morgan fingerprint density at radius 2 is 1.91 bits per heavy atom. The van der Waals surface area contributed by atoms with Gasteiger partial charge in [0.05, 0.1) is 15.9 Å². The second-order valence-electron chi connectivity index (χ2n) is 5.74. The first-order valence-electron chi connectivity index (χ1n) is 7.75. The van der Waals surface area contributed by atoms with Crippen LogP contribution in [0.4, 0.5) is 17.1 Å². The zero-order valence-corrected chi connectivity index (χ0v) is 13.0. The number of anilines is 1. The summed E-state index contributed by atoms with van der Waals surface area (Å²) in [6.07, 6.45) is 6.38. The van der Waals surface area contributed by atoms with Gasteiger partial charge in [-0.3, -0.25) is 25.7 Å². The van der Waals surface area contributed by atoms with Gasteiger partial charge < -0.3 is 0 Å². The van der Waals surface area contributed by atoms with Crippen LogP contribution in [-0.4, -0.2) is 15.6 Å². The highest BCUT2D eigenvalue weighted by molar-refractivity contribution is 5.86. The number of nitrogens with one attached hydrogen (secondary N) is 1. The van der Waals surface area contributed by atoms with Crippen LogP contribution in [-0.2, 0) is 0 Å². The van der Waals surface area contributed by atoms with E-state index in [2.05, 4.69) is 17.5 Å². The Morgan fingerprint density at radius 3 is 2.48 bits per heavy atom. The van der Waals surface area contributed by atoms with Gasteiger partial charge in [-0.25, -0.2) is 0 Å². The van der Waals surface area contributed by atoms with Crippen molar-refractivity contribution in [3.8, 4) is 0 Å². The Hall–Kier alpha value is -2.51. The Bertz CT molecular complexity index is 620. The van der Waals surface area contributed by atoms with E-state index in [0.717, 1.165) is 43.4 Å². The van der Waals surface area contributed by atoms with Crippen LogP contribution >= 0.6 is 0 Å². The van der Waals surface area contributed by atoms with Crippen molar-refractivity contribution in [1.82, 2.24) is 0 Å². The predicted octanol–water partition coefficient (Wildman–Crippen LogP) is 4.26. The summed E-state index contributed by atoms with van der Waals surface area (Å²) in [5.41, 5.74) is 3.21. The van der Waals surface area contributed by atoms with Gasteiger partial charge in [0.2, 0.25) is 0 Å². The first-order chi connectivity index (χ1) is 11.0. The lowest BCUT2D eigenvalue weighted by Gasteiger charge is -2.22. The molecule has 1 aliphatic rings. The molecule has 0 unspecified atom stereocenters. The summed E-state index contributed by atoms with van der Waals surface area (Å²) < 4.78 is 0. The van der Waals surface area contributed by atoms with Gasteiger partial charge in [0.25, 0.3) is 5.69 Å². The van der Waals surface area contributed by atoms with E-state index in [0.29, 0.717) is 0 Å². The van der Waals surface area contributed by atoms with Crippen LogP contribution in [0.25, 0.3) is 0 Å². The zero-order valence-electron chi connectivity index (χ0n) is 13.0. The molecular formula is C15H20N4O4. The smallest absolute Gasteiger partial charge is 0.272 e. The van der Waals surface area contributed by atoms with Gasteiger partial charge in [-0.05, 0) is 37.7 Å². The standard InChI is InChI=1S/C15H20N4O4/c1-2-3-11-4-6-12(7-5-11)16-17-14-9-8-13(18(20)21)10-15(14)19(22)23/h8-11,17H,2-7H2,1H3. The molecule has 23 heavy (non-hydrogen) atoms. The van der Waals surface area contributed by atoms with Crippen LogP contribution in [0, 0.1) is 26.1 Å². The molecule has 0 aliphatic heterocycles. The van der Waals surface area contributed by atoms with E-state index in [-0.39, 0.29) is 17.1 Å². The van der Waals surface area contributed by atoms with Gasteiger partial charge in [0, 0.05) is 11.8 Å². The molecule has 0 aromatic heterocycles. The van der Waals surface area contributed by atoms with Gasteiger partial charge in [0.1, 0.15) is 5.69 Å². The molecule has 0 amide bonds. The molecule has 8 nitrogen and oxygen atoms in total. The normalized spacial score (nSPS) is 17.6. The third-order valence-electron chi connectivity index (χ3n) is 4.10. The number of non-ortho nitro benzene ring substituents is 1. The number of benzene rings is 1. The van der Waals surface area contributed by atoms with E-state index in [9.17, 15) is 20.2 Å². The molecule has 1 fully saturated rings. The minimum Gasteiger partial charge on any atom is -0.272 e. The van der Waals surface area contributed by atoms with Crippen molar-refractivity contribution in [2.75, 3.05) is 5.43 Å². The molecule has 1 aromatic rings. The second-order valence-corrected chi connectivity index (χ2v) is 5.74. The van der Waals surface area contributed by atoms with E-state index in [1.165, 1.54) is 25.0 Å². The fourth-order valence-corrected chi connectivity index (χ4v) is 2.84. The maximum absolute atomic E-state index is 11.1. The number of nitrogens with zero attached hydrogens (tertiary/aromatic N) is 3. The van der Waals surface area contributed by atoms with Crippen molar-refractivity contribution >= 4 is 22.8 Å². The lowest BCUT2D eigenvalue weighted by atomic mass is 9.85. The number of hydrogen-bond donors (Lipinski definition) is 1. The molecule has 1 aliphatic carbocycles. The van der Waals surface area contributed by atoms with E-state index >= 15 is 0 Å². The van der Waals surface area contributed by atoms with Gasteiger partial charge >= 0.3 is 5.69 Å². The average molecular weight is 320 g/mol. The second kappa shape index (κ2) is 7.66. The highest BCUT2D eigenvalue weighted by atomic mass is 16.6. The van der Waals surface area contributed by atoms with Crippen LogP contribution in [0.3, 0.4) is 0 Å². The number of nitro benzene ring substituents is 2. The predicted molar refractivity (Wildman–Crippen MR) is 87.7 cm³/mol. The molecule has 1 aromatic carbocycles. The van der Waals surface area contributed by atoms with E-state index in [1.807, 2.05) is 0 Å². The van der Waals surface area contributed by atoms with E-state index in [1.54, 1.807) is 0 Å². The summed E-state index contributed by atoms with van der Waals surface area (Å²) in [6.45, 7) is 2.18. The largest absolute Gasteiger partial charge is 0.301 e. The molecule has 0 atom stereocenters. The first kappa shape index (κ1) is 16.9. The maximum Gasteiger partial charge on any atom is 0.301 e. The van der Waals surface area contributed by atoms with Gasteiger partial charge in [-0.15, -0.1) is 0 Å². The Balaban J connectivity index is 2.07. The lowest BCUT2D eigenvalue weighted by molar-refractivity contribution is -0.393. The van der Waals surface area contributed by atoms with Crippen molar-refractivity contribution in [3.05, 3.63) is 38.4 Å². The van der Waals surface area contributed by atoms with E-state index < -0.39 is 9.85 Å². The molecule has 0 saturated heterocycles. The molecule has 1 N–H and O–H groups in total. The minimum atomic E-state index is -0.655. The maximum atomic E-state index is 11.1. The third-order valence-corrected chi connectivity index (χ3v) is 4.10. The third kappa shape index (κ3) is 4.48. The molecule has 0 bridgehead atoms. The SMILES string of the molecule is CCCC1CCC(=NNc2ccc([N+](=O)[O-])cc2[N+](=O)[O-])CC1. The Kier molecular flexibility index (Phi) is 5.61. The Morgan fingerprint density at radius 1 is 1.22 bits per heavy atom. The van der Waals surface area contributed by atoms with E-state index in [4.69, 9.17) is 0 Å². The Labute approximate surface area is 133 Å². The van der Waals surface area contributed by atoms with Gasteiger partial charge in [-0.2, -0.15) is 5.10 Å². The summed E-state index contributed by atoms with van der Waals surface area (Å²) in [5, 5.41) is 26.0. The van der Waals surface area contributed by atoms with Crippen molar-refractivity contribution in [1.29, 1.82) is 0 Å². The molecule has 0 heterocycles. The van der Waals surface area contributed by atoms with Crippen LogP contribution in [0.2, 0.25) is 0 Å². The van der Waals surface area contributed by atoms with Crippen molar-refractivity contribution in [3.63, 3.8) is 0 Å². The molecule has 124 valence electrons. The van der Waals surface area contributed by atoms with Gasteiger partial charge in [0.15, 0.2) is 0 Å². The van der Waals surface area contributed by atoms with Crippen molar-refractivity contribution in [2.45, 2.75) is 45.4 Å². The summed E-state index contributed by atoms with van der Waals surface area (Å²) in [7, 11) is 0. The fourth-order valence-electron chi connectivity index (χ4n) is 2.84. The zero-order chi connectivity index (χ0) is 16.8. The monoisotopic (exact) mass is 320 g/mol. The number of hydrogen-bond acceptors (Lipinski definition) is 6.